The Morgan fingerprint density at radius 3 is 2.38 bits per heavy atom. The fourth-order valence-corrected chi connectivity index (χ4v) is 2.41. The van der Waals surface area contributed by atoms with Crippen molar-refractivity contribution in [2.45, 2.75) is 65.8 Å². The van der Waals surface area contributed by atoms with Crippen LogP contribution in [0.2, 0.25) is 0 Å². The average Bonchev–Trinajstić information content (AvgIpc) is 2.17. The lowest BCUT2D eigenvalue weighted by molar-refractivity contribution is 0.336. The van der Waals surface area contributed by atoms with Crippen molar-refractivity contribution in [1.29, 1.82) is 0 Å². The predicted molar refractivity (Wildman–Crippen MR) is 72.6 cm³/mol. The van der Waals surface area contributed by atoms with Crippen LogP contribution >= 0.6 is 0 Å². The van der Waals surface area contributed by atoms with E-state index in [-0.39, 0.29) is 5.54 Å². The molecule has 0 saturated carbocycles. The molecule has 16 heavy (non-hydrogen) atoms. The molecule has 0 saturated heterocycles. The van der Waals surface area contributed by atoms with Crippen LogP contribution in [0, 0.1) is 11.8 Å². The molecule has 0 amide bonds. The summed E-state index contributed by atoms with van der Waals surface area (Å²) in [7, 11) is 0. The van der Waals surface area contributed by atoms with Crippen LogP contribution < -0.4 is 5.32 Å². The zero-order valence-electron chi connectivity index (χ0n) is 11.8. The molecule has 1 aliphatic rings. The van der Waals surface area contributed by atoms with Gasteiger partial charge in [0.2, 0.25) is 0 Å². The molecule has 1 aliphatic carbocycles. The third kappa shape index (κ3) is 4.69. The first-order valence-electron chi connectivity index (χ1n) is 6.84. The van der Waals surface area contributed by atoms with E-state index in [0.29, 0.717) is 0 Å². The third-order valence-electron chi connectivity index (χ3n) is 3.46. The van der Waals surface area contributed by atoms with Gasteiger partial charge in [-0.3, -0.25) is 0 Å². The Kier molecular flexibility index (Phi) is 5.04. The Balaban J connectivity index is 2.57. The SMILES string of the molecule is CC(C)C(CNC(C)(C)C)C1=CCCCC1. The Morgan fingerprint density at radius 1 is 1.25 bits per heavy atom. The van der Waals surface area contributed by atoms with Crippen LogP contribution in [-0.4, -0.2) is 12.1 Å². The molecule has 0 radical (unpaired) electrons. The number of hydrogen-bond donors (Lipinski definition) is 1. The number of rotatable bonds is 4. The lowest BCUT2D eigenvalue weighted by Crippen LogP contribution is -2.40. The van der Waals surface area contributed by atoms with Crippen molar-refractivity contribution in [1.82, 2.24) is 5.32 Å². The second kappa shape index (κ2) is 5.86. The zero-order chi connectivity index (χ0) is 12.2. The summed E-state index contributed by atoms with van der Waals surface area (Å²) in [5.41, 5.74) is 1.94. The first-order valence-corrected chi connectivity index (χ1v) is 6.84. The minimum Gasteiger partial charge on any atom is -0.311 e. The molecule has 0 spiro atoms. The summed E-state index contributed by atoms with van der Waals surface area (Å²) in [4.78, 5) is 0. The summed E-state index contributed by atoms with van der Waals surface area (Å²) in [5.74, 6) is 1.48. The molecule has 0 heterocycles. The van der Waals surface area contributed by atoms with Crippen molar-refractivity contribution in [3.05, 3.63) is 11.6 Å². The number of allylic oxidation sites excluding steroid dienone is 1. The standard InChI is InChI=1S/C15H29N/c1-12(2)14(11-16-15(3,4)5)13-9-7-6-8-10-13/h9,12,14,16H,6-8,10-11H2,1-5H3. The lowest BCUT2D eigenvalue weighted by Gasteiger charge is -2.30. The molecule has 0 aromatic rings. The summed E-state index contributed by atoms with van der Waals surface area (Å²) in [5, 5.41) is 3.66. The first-order chi connectivity index (χ1) is 7.40. The maximum atomic E-state index is 3.66. The lowest BCUT2D eigenvalue weighted by atomic mass is 9.82. The van der Waals surface area contributed by atoms with Gasteiger partial charge in [0.25, 0.3) is 0 Å². The normalized spacial score (nSPS) is 19.8. The van der Waals surface area contributed by atoms with Crippen LogP contribution in [0.5, 0.6) is 0 Å². The predicted octanol–water partition coefficient (Wildman–Crippen LogP) is 4.15. The Morgan fingerprint density at radius 2 is 1.94 bits per heavy atom. The van der Waals surface area contributed by atoms with Crippen molar-refractivity contribution in [3.63, 3.8) is 0 Å². The van der Waals surface area contributed by atoms with Crippen LogP contribution in [0.15, 0.2) is 11.6 Å². The van der Waals surface area contributed by atoms with Crippen molar-refractivity contribution in [2.24, 2.45) is 11.8 Å². The topological polar surface area (TPSA) is 12.0 Å². The van der Waals surface area contributed by atoms with Gasteiger partial charge in [-0.15, -0.1) is 0 Å². The quantitative estimate of drug-likeness (QED) is 0.706. The molecule has 0 aromatic carbocycles. The van der Waals surface area contributed by atoms with Crippen LogP contribution in [0.25, 0.3) is 0 Å². The van der Waals surface area contributed by atoms with Crippen molar-refractivity contribution in [3.8, 4) is 0 Å². The molecule has 1 N–H and O–H groups in total. The molecule has 0 aromatic heterocycles. The van der Waals surface area contributed by atoms with E-state index in [0.717, 1.165) is 18.4 Å². The van der Waals surface area contributed by atoms with Gasteiger partial charge in [-0.1, -0.05) is 25.5 Å². The highest BCUT2D eigenvalue weighted by atomic mass is 14.9. The molecule has 0 fully saturated rings. The minimum absolute atomic E-state index is 0.238. The molecule has 1 atom stereocenters. The van der Waals surface area contributed by atoms with Crippen molar-refractivity contribution in [2.75, 3.05) is 6.54 Å². The number of hydrogen-bond acceptors (Lipinski definition) is 1. The third-order valence-corrected chi connectivity index (χ3v) is 3.46. The van der Waals surface area contributed by atoms with E-state index in [9.17, 15) is 0 Å². The summed E-state index contributed by atoms with van der Waals surface area (Å²) in [6.45, 7) is 12.6. The second-order valence-corrected chi connectivity index (χ2v) is 6.51. The molecule has 1 heteroatoms. The van der Waals surface area contributed by atoms with Gasteiger partial charge >= 0.3 is 0 Å². The first kappa shape index (κ1) is 13.8. The average molecular weight is 223 g/mol. The molecule has 1 unspecified atom stereocenters. The van der Waals surface area contributed by atoms with E-state index >= 15 is 0 Å². The van der Waals surface area contributed by atoms with Crippen LogP contribution in [0.3, 0.4) is 0 Å². The van der Waals surface area contributed by atoms with Gasteiger partial charge < -0.3 is 5.32 Å². The van der Waals surface area contributed by atoms with E-state index in [1.165, 1.54) is 25.7 Å². The van der Waals surface area contributed by atoms with Gasteiger partial charge in [-0.2, -0.15) is 0 Å². The van der Waals surface area contributed by atoms with Gasteiger partial charge in [-0.25, -0.2) is 0 Å². The van der Waals surface area contributed by atoms with Gasteiger partial charge in [0.15, 0.2) is 0 Å². The van der Waals surface area contributed by atoms with Crippen LogP contribution in [0.1, 0.15) is 60.3 Å². The molecular formula is C15H29N. The molecule has 0 aliphatic heterocycles. The largest absolute Gasteiger partial charge is 0.311 e. The van der Waals surface area contributed by atoms with Crippen molar-refractivity contribution < 1.29 is 0 Å². The monoisotopic (exact) mass is 223 g/mol. The van der Waals surface area contributed by atoms with E-state index < -0.39 is 0 Å². The van der Waals surface area contributed by atoms with Gasteiger partial charge in [0.05, 0.1) is 0 Å². The van der Waals surface area contributed by atoms with E-state index in [4.69, 9.17) is 0 Å². The summed E-state index contributed by atoms with van der Waals surface area (Å²) < 4.78 is 0. The van der Waals surface area contributed by atoms with Crippen LogP contribution in [-0.2, 0) is 0 Å². The molecule has 0 bridgehead atoms. The fraction of sp³-hybridized carbons (Fsp3) is 0.867. The van der Waals surface area contributed by atoms with E-state index in [2.05, 4.69) is 46.0 Å². The van der Waals surface area contributed by atoms with Gasteiger partial charge in [0.1, 0.15) is 0 Å². The minimum atomic E-state index is 0.238. The molecule has 1 rings (SSSR count). The number of nitrogens with one attached hydrogen (secondary N) is 1. The molecule has 94 valence electrons. The maximum absolute atomic E-state index is 3.66. The maximum Gasteiger partial charge on any atom is 0.00967 e. The smallest absolute Gasteiger partial charge is 0.00967 e. The molecule has 1 nitrogen and oxygen atoms in total. The fourth-order valence-electron chi connectivity index (χ4n) is 2.41. The summed E-state index contributed by atoms with van der Waals surface area (Å²) in [6.07, 6.45) is 7.91. The van der Waals surface area contributed by atoms with E-state index in [1.807, 2.05) is 0 Å². The Labute approximate surface area is 102 Å². The second-order valence-electron chi connectivity index (χ2n) is 6.51. The van der Waals surface area contributed by atoms with Gasteiger partial charge in [-0.05, 0) is 58.3 Å². The highest BCUT2D eigenvalue weighted by Crippen LogP contribution is 2.29. The Bertz CT molecular complexity index is 232. The van der Waals surface area contributed by atoms with Crippen molar-refractivity contribution >= 4 is 0 Å². The van der Waals surface area contributed by atoms with Crippen LogP contribution in [0.4, 0.5) is 0 Å². The Hall–Kier alpha value is -0.300. The highest BCUT2D eigenvalue weighted by molar-refractivity contribution is 5.11. The van der Waals surface area contributed by atoms with E-state index in [1.54, 1.807) is 5.57 Å². The van der Waals surface area contributed by atoms with Gasteiger partial charge in [0, 0.05) is 12.1 Å². The summed E-state index contributed by atoms with van der Waals surface area (Å²) >= 11 is 0. The summed E-state index contributed by atoms with van der Waals surface area (Å²) in [6, 6.07) is 0. The highest BCUT2D eigenvalue weighted by Gasteiger charge is 2.21. The molecular weight excluding hydrogens is 194 g/mol. The zero-order valence-corrected chi connectivity index (χ0v) is 11.8.